The molecule has 0 fully saturated rings. The maximum atomic E-state index is 13.6. The third kappa shape index (κ3) is 5.20. The Morgan fingerprint density at radius 1 is 0.941 bits per heavy atom. The number of anilines is 1. The van der Waals surface area contributed by atoms with Crippen LogP contribution in [0.15, 0.2) is 72.0 Å². The lowest BCUT2D eigenvalue weighted by atomic mass is 10.1. The molecule has 3 aromatic carbocycles. The maximum Gasteiger partial charge on any atom is 0.173 e. The van der Waals surface area contributed by atoms with Crippen molar-refractivity contribution in [3.63, 3.8) is 0 Å². The minimum absolute atomic E-state index is 0.265. The SMILES string of the molecule is COc1ccc(NCc2cnc(SCc3c(C)cccc3C)n2-c2ccc(F)cc2)cc1OC. The zero-order valence-electron chi connectivity index (χ0n) is 19.8. The van der Waals surface area contributed by atoms with Gasteiger partial charge in [-0.2, -0.15) is 0 Å². The minimum Gasteiger partial charge on any atom is -0.493 e. The number of imidazole rings is 1. The van der Waals surface area contributed by atoms with Gasteiger partial charge >= 0.3 is 0 Å². The molecule has 0 saturated heterocycles. The zero-order valence-corrected chi connectivity index (χ0v) is 20.6. The van der Waals surface area contributed by atoms with Crippen molar-refractivity contribution in [3.8, 4) is 17.2 Å². The number of aryl methyl sites for hydroxylation is 2. The van der Waals surface area contributed by atoms with Crippen molar-refractivity contribution in [2.24, 2.45) is 0 Å². The highest BCUT2D eigenvalue weighted by Gasteiger charge is 2.15. The zero-order chi connectivity index (χ0) is 24.1. The van der Waals surface area contributed by atoms with E-state index in [0.29, 0.717) is 18.0 Å². The fraction of sp³-hybridized carbons (Fsp3) is 0.222. The van der Waals surface area contributed by atoms with Gasteiger partial charge in [0.15, 0.2) is 16.7 Å². The second-order valence-corrected chi connectivity index (χ2v) is 8.87. The summed E-state index contributed by atoms with van der Waals surface area (Å²) in [4.78, 5) is 4.71. The average molecular weight is 478 g/mol. The molecule has 34 heavy (non-hydrogen) atoms. The Bertz CT molecular complexity index is 1250. The standard InChI is InChI=1S/C27H28FN3O2S/c1-18-6-5-7-19(2)24(18)17-34-27-30-16-23(31(27)22-11-8-20(28)9-12-22)15-29-21-10-13-25(32-3)26(14-21)33-4/h5-14,16,29H,15,17H2,1-4H3. The van der Waals surface area contributed by atoms with Crippen LogP contribution in [-0.2, 0) is 12.3 Å². The highest BCUT2D eigenvalue weighted by molar-refractivity contribution is 7.98. The normalized spacial score (nSPS) is 10.9. The van der Waals surface area contributed by atoms with E-state index in [0.717, 1.165) is 28.0 Å². The Labute approximate surface area is 203 Å². The van der Waals surface area contributed by atoms with Gasteiger partial charge in [-0.15, -0.1) is 0 Å². The highest BCUT2D eigenvalue weighted by atomic mass is 32.2. The molecule has 0 atom stereocenters. The summed E-state index contributed by atoms with van der Waals surface area (Å²) in [5.41, 5.74) is 6.57. The number of ether oxygens (including phenoxy) is 2. The summed E-state index contributed by atoms with van der Waals surface area (Å²) < 4.78 is 26.4. The smallest absolute Gasteiger partial charge is 0.173 e. The third-order valence-electron chi connectivity index (χ3n) is 5.73. The number of nitrogens with zero attached hydrogens (tertiary/aromatic N) is 2. The molecule has 4 aromatic rings. The molecule has 176 valence electrons. The van der Waals surface area contributed by atoms with Crippen LogP contribution >= 0.6 is 11.8 Å². The average Bonchev–Trinajstić information content (AvgIpc) is 3.25. The van der Waals surface area contributed by atoms with Gasteiger partial charge in [0.2, 0.25) is 0 Å². The van der Waals surface area contributed by atoms with Crippen LogP contribution in [0, 0.1) is 19.7 Å². The first-order valence-electron chi connectivity index (χ1n) is 11.0. The van der Waals surface area contributed by atoms with Gasteiger partial charge in [-0.25, -0.2) is 9.37 Å². The summed E-state index contributed by atoms with van der Waals surface area (Å²) in [6.07, 6.45) is 1.87. The third-order valence-corrected chi connectivity index (χ3v) is 6.71. The molecule has 5 nitrogen and oxygen atoms in total. The molecule has 7 heteroatoms. The summed E-state index contributed by atoms with van der Waals surface area (Å²) in [5.74, 6) is 1.87. The van der Waals surface area contributed by atoms with Crippen molar-refractivity contribution in [3.05, 3.63) is 95.1 Å². The van der Waals surface area contributed by atoms with Gasteiger partial charge in [0.05, 0.1) is 32.7 Å². The second-order valence-electron chi connectivity index (χ2n) is 7.93. The molecule has 0 aliphatic rings. The lowest BCUT2D eigenvalue weighted by Gasteiger charge is -2.15. The molecule has 0 bridgehead atoms. The van der Waals surface area contributed by atoms with Crippen LogP contribution in [0.5, 0.6) is 11.5 Å². The molecule has 1 N–H and O–H groups in total. The van der Waals surface area contributed by atoms with Crippen LogP contribution in [0.25, 0.3) is 5.69 Å². The quantitative estimate of drug-likeness (QED) is 0.277. The minimum atomic E-state index is -0.265. The Balaban J connectivity index is 1.61. The van der Waals surface area contributed by atoms with Crippen molar-refractivity contribution in [1.29, 1.82) is 0 Å². The molecular weight excluding hydrogens is 449 g/mol. The predicted octanol–water partition coefficient (Wildman–Crippen LogP) is 6.55. The molecule has 0 saturated carbocycles. The lowest BCUT2D eigenvalue weighted by Crippen LogP contribution is -2.07. The van der Waals surface area contributed by atoms with E-state index in [-0.39, 0.29) is 5.82 Å². The van der Waals surface area contributed by atoms with Crippen molar-refractivity contribution < 1.29 is 13.9 Å². The van der Waals surface area contributed by atoms with Gasteiger partial charge in [-0.1, -0.05) is 30.0 Å². The summed E-state index contributed by atoms with van der Waals surface area (Å²) >= 11 is 1.67. The summed E-state index contributed by atoms with van der Waals surface area (Å²) in [7, 11) is 3.23. The number of aromatic nitrogens is 2. The van der Waals surface area contributed by atoms with Gasteiger partial charge in [0, 0.05) is 23.2 Å². The van der Waals surface area contributed by atoms with Crippen molar-refractivity contribution in [1.82, 2.24) is 9.55 Å². The van der Waals surface area contributed by atoms with E-state index in [2.05, 4.69) is 41.9 Å². The Hall–Kier alpha value is -3.45. The number of thioether (sulfide) groups is 1. The molecular formula is C27H28FN3O2S. The van der Waals surface area contributed by atoms with E-state index in [1.165, 1.54) is 28.8 Å². The van der Waals surface area contributed by atoms with Crippen molar-refractivity contribution in [2.45, 2.75) is 31.3 Å². The Morgan fingerprint density at radius 2 is 1.65 bits per heavy atom. The first-order valence-corrected chi connectivity index (χ1v) is 11.9. The molecule has 4 rings (SSSR count). The fourth-order valence-corrected chi connectivity index (χ4v) is 5.02. The van der Waals surface area contributed by atoms with Crippen molar-refractivity contribution in [2.75, 3.05) is 19.5 Å². The van der Waals surface area contributed by atoms with E-state index < -0.39 is 0 Å². The monoisotopic (exact) mass is 477 g/mol. The molecule has 1 aromatic heterocycles. The van der Waals surface area contributed by atoms with Crippen LogP contribution in [0.2, 0.25) is 0 Å². The summed E-state index contributed by atoms with van der Waals surface area (Å²) in [5, 5.41) is 4.29. The topological polar surface area (TPSA) is 48.3 Å². The largest absolute Gasteiger partial charge is 0.493 e. The predicted molar refractivity (Wildman–Crippen MR) is 136 cm³/mol. The van der Waals surface area contributed by atoms with Crippen LogP contribution in [0.1, 0.15) is 22.4 Å². The van der Waals surface area contributed by atoms with Crippen LogP contribution < -0.4 is 14.8 Å². The summed E-state index contributed by atoms with van der Waals surface area (Å²) in [6.45, 7) is 4.80. The van der Waals surface area contributed by atoms with E-state index in [4.69, 9.17) is 14.5 Å². The molecule has 0 unspecified atom stereocenters. The molecule has 0 spiro atoms. The molecule has 0 aliphatic carbocycles. The van der Waals surface area contributed by atoms with Crippen LogP contribution in [0.4, 0.5) is 10.1 Å². The molecule has 0 aliphatic heterocycles. The van der Waals surface area contributed by atoms with E-state index in [1.54, 1.807) is 38.1 Å². The Morgan fingerprint density at radius 3 is 2.32 bits per heavy atom. The Kier molecular flexibility index (Phi) is 7.43. The highest BCUT2D eigenvalue weighted by Crippen LogP contribution is 2.31. The van der Waals surface area contributed by atoms with Gasteiger partial charge in [0.25, 0.3) is 0 Å². The fourth-order valence-electron chi connectivity index (χ4n) is 3.81. The lowest BCUT2D eigenvalue weighted by molar-refractivity contribution is 0.355. The number of methoxy groups -OCH3 is 2. The number of rotatable bonds is 9. The molecule has 1 heterocycles. The number of halogens is 1. The first kappa shape index (κ1) is 23.7. The van der Waals surface area contributed by atoms with Gasteiger partial charge in [0.1, 0.15) is 5.82 Å². The van der Waals surface area contributed by atoms with E-state index in [1.807, 2.05) is 24.4 Å². The number of hydrogen-bond acceptors (Lipinski definition) is 5. The molecule has 0 amide bonds. The van der Waals surface area contributed by atoms with E-state index in [9.17, 15) is 4.39 Å². The van der Waals surface area contributed by atoms with Gasteiger partial charge < -0.3 is 14.8 Å². The van der Waals surface area contributed by atoms with E-state index >= 15 is 0 Å². The van der Waals surface area contributed by atoms with Gasteiger partial charge in [-0.05, 0) is 66.9 Å². The van der Waals surface area contributed by atoms with Crippen LogP contribution in [-0.4, -0.2) is 23.8 Å². The van der Waals surface area contributed by atoms with Crippen molar-refractivity contribution >= 4 is 17.4 Å². The molecule has 0 radical (unpaired) electrons. The second kappa shape index (κ2) is 10.7. The van der Waals surface area contributed by atoms with Gasteiger partial charge in [-0.3, -0.25) is 4.57 Å². The van der Waals surface area contributed by atoms with Crippen LogP contribution in [0.3, 0.4) is 0 Å². The first-order chi connectivity index (χ1) is 16.5. The number of benzene rings is 3. The number of nitrogens with one attached hydrogen (secondary N) is 1. The number of hydrogen-bond donors (Lipinski definition) is 1. The summed E-state index contributed by atoms with van der Waals surface area (Å²) in [6, 6.07) is 18.5. The maximum absolute atomic E-state index is 13.6.